The number of aldehydes is 1. The second kappa shape index (κ2) is 8.65. The van der Waals surface area contributed by atoms with E-state index in [1.807, 2.05) is 57.2 Å². The molecular weight excluding hydrogens is 454 g/mol. The van der Waals surface area contributed by atoms with Crippen LogP contribution in [0, 0.1) is 20.8 Å². The number of rotatable bonds is 7. The lowest BCUT2D eigenvalue weighted by molar-refractivity contribution is 0.109. The van der Waals surface area contributed by atoms with Gasteiger partial charge in [0, 0.05) is 11.0 Å². The summed E-state index contributed by atoms with van der Waals surface area (Å²) in [6.45, 7) is 5.77. The first kappa shape index (κ1) is 21.5. The van der Waals surface area contributed by atoms with Gasteiger partial charge in [0.2, 0.25) is 10.0 Å². The maximum absolute atomic E-state index is 13.6. The Morgan fingerprint density at radius 3 is 2.14 bits per heavy atom. The molecule has 3 rings (SSSR count). The molecule has 0 atom stereocenters. The van der Waals surface area contributed by atoms with E-state index in [1.54, 1.807) is 6.07 Å². The normalized spacial score (nSPS) is 11.8. The van der Waals surface area contributed by atoms with Crippen molar-refractivity contribution in [1.82, 2.24) is 4.31 Å². The Hall–Kier alpha value is -2.22. The molecule has 5 nitrogen and oxygen atoms in total. The van der Waals surface area contributed by atoms with Crippen LogP contribution in [0.1, 0.15) is 38.6 Å². The van der Waals surface area contributed by atoms with Crippen molar-refractivity contribution in [2.24, 2.45) is 0 Å². The van der Waals surface area contributed by atoms with E-state index in [0.29, 0.717) is 28.1 Å². The average Bonchev–Trinajstić information content (AvgIpc) is 3.09. The van der Waals surface area contributed by atoms with Crippen LogP contribution in [-0.4, -0.2) is 19.0 Å². The van der Waals surface area contributed by atoms with Crippen LogP contribution in [0.3, 0.4) is 0 Å². The maximum atomic E-state index is 13.6. The highest BCUT2D eigenvalue weighted by Crippen LogP contribution is 2.28. The summed E-state index contributed by atoms with van der Waals surface area (Å²) in [5.41, 5.74) is 3.27. The van der Waals surface area contributed by atoms with E-state index in [1.165, 1.54) is 10.4 Å². The van der Waals surface area contributed by atoms with Crippen LogP contribution in [0.5, 0.6) is 0 Å². The van der Waals surface area contributed by atoms with Crippen molar-refractivity contribution in [1.29, 1.82) is 0 Å². The molecule has 0 amide bonds. The van der Waals surface area contributed by atoms with E-state index in [4.69, 9.17) is 4.42 Å². The van der Waals surface area contributed by atoms with Gasteiger partial charge in [-0.1, -0.05) is 45.8 Å². The minimum absolute atomic E-state index is 0.0268. The summed E-state index contributed by atoms with van der Waals surface area (Å²) in [5, 5.41) is 0. The SMILES string of the molecule is Cc1cc(C)c(S(=O)(=O)N(Cc2ccc(Br)cc2)Cc2ccc(C=O)o2)c(C)c1. The van der Waals surface area contributed by atoms with Crippen LogP contribution >= 0.6 is 15.9 Å². The molecule has 29 heavy (non-hydrogen) atoms. The first-order valence-corrected chi connectivity index (χ1v) is 11.3. The minimum Gasteiger partial charge on any atom is -0.457 e. The monoisotopic (exact) mass is 475 g/mol. The number of benzene rings is 2. The Labute approximate surface area is 179 Å². The lowest BCUT2D eigenvalue weighted by Crippen LogP contribution is -2.31. The summed E-state index contributed by atoms with van der Waals surface area (Å²) in [6.07, 6.45) is 0.603. The molecule has 2 aromatic carbocycles. The second-order valence-corrected chi connectivity index (χ2v) is 9.84. The average molecular weight is 476 g/mol. The van der Waals surface area contributed by atoms with E-state index < -0.39 is 10.0 Å². The summed E-state index contributed by atoms with van der Waals surface area (Å²) < 4.78 is 35.0. The highest BCUT2D eigenvalue weighted by Gasteiger charge is 2.29. The van der Waals surface area contributed by atoms with Gasteiger partial charge in [-0.05, 0) is 61.7 Å². The van der Waals surface area contributed by atoms with Crippen LogP contribution in [0.15, 0.2) is 62.3 Å². The van der Waals surface area contributed by atoms with Gasteiger partial charge in [-0.25, -0.2) is 8.42 Å². The molecular formula is C22H22BrNO4S. The molecule has 0 saturated carbocycles. The zero-order chi connectivity index (χ0) is 21.2. The van der Waals surface area contributed by atoms with E-state index in [2.05, 4.69) is 15.9 Å². The number of sulfonamides is 1. The van der Waals surface area contributed by atoms with Crippen molar-refractivity contribution in [3.05, 3.63) is 86.8 Å². The summed E-state index contributed by atoms with van der Waals surface area (Å²) >= 11 is 3.40. The molecule has 0 spiro atoms. The van der Waals surface area contributed by atoms with Crippen LogP contribution < -0.4 is 0 Å². The van der Waals surface area contributed by atoms with Gasteiger partial charge in [-0.15, -0.1) is 0 Å². The molecule has 0 unspecified atom stereocenters. The third kappa shape index (κ3) is 4.86. The minimum atomic E-state index is -3.81. The smallest absolute Gasteiger partial charge is 0.244 e. The molecule has 0 fully saturated rings. The fraction of sp³-hybridized carbons (Fsp3) is 0.227. The number of carbonyl (C=O) groups excluding carboxylic acids is 1. The predicted molar refractivity (Wildman–Crippen MR) is 115 cm³/mol. The highest BCUT2D eigenvalue weighted by atomic mass is 79.9. The third-order valence-electron chi connectivity index (χ3n) is 4.61. The molecule has 0 saturated heterocycles. The van der Waals surface area contributed by atoms with Gasteiger partial charge >= 0.3 is 0 Å². The van der Waals surface area contributed by atoms with Crippen LogP contribution in [0.2, 0.25) is 0 Å². The largest absolute Gasteiger partial charge is 0.457 e. The Morgan fingerprint density at radius 1 is 0.966 bits per heavy atom. The Kier molecular flexibility index (Phi) is 6.41. The van der Waals surface area contributed by atoms with Crippen molar-refractivity contribution < 1.29 is 17.6 Å². The zero-order valence-corrected chi connectivity index (χ0v) is 18.9. The fourth-order valence-corrected chi connectivity index (χ4v) is 5.51. The Morgan fingerprint density at radius 2 is 1.59 bits per heavy atom. The third-order valence-corrected chi connectivity index (χ3v) is 7.23. The van der Waals surface area contributed by atoms with Crippen LogP contribution in [0.4, 0.5) is 0 Å². The van der Waals surface area contributed by atoms with Crippen LogP contribution in [0.25, 0.3) is 0 Å². The molecule has 1 heterocycles. The number of nitrogens with zero attached hydrogens (tertiary/aromatic N) is 1. The quantitative estimate of drug-likeness (QED) is 0.442. The number of hydrogen-bond donors (Lipinski definition) is 0. The van der Waals surface area contributed by atoms with E-state index in [0.717, 1.165) is 15.6 Å². The van der Waals surface area contributed by atoms with Crippen molar-refractivity contribution in [2.45, 2.75) is 38.8 Å². The molecule has 0 N–H and O–H groups in total. The van der Waals surface area contributed by atoms with Gasteiger partial charge in [-0.3, -0.25) is 4.79 Å². The molecule has 0 radical (unpaired) electrons. The second-order valence-electron chi connectivity index (χ2n) is 7.05. The number of aryl methyl sites for hydroxylation is 3. The van der Waals surface area contributed by atoms with Gasteiger partial charge in [-0.2, -0.15) is 4.31 Å². The van der Waals surface area contributed by atoms with Gasteiger partial charge in [0.25, 0.3) is 0 Å². The summed E-state index contributed by atoms with van der Waals surface area (Å²) in [7, 11) is -3.81. The molecule has 1 aromatic heterocycles. The highest BCUT2D eigenvalue weighted by molar-refractivity contribution is 9.10. The van der Waals surface area contributed by atoms with Gasteiger partial charge in [0.1, 0.15) is 5.76 Å². The Balaban J connectivity index is 2.05. The molecule has 3 aromatic rings. The standard InChI is InChI=1S/C22H22BrNO4S/c1-15-10-16(2)22(17(3)11-15)29(26,27)24(12-18-4-6-19(23)7-5-18)13-20-8-9-21(14-25)28-20/h4-11,14H,12-13H2,1-3H3. The zero-order valence-electron chi connectivity index (χ0n) is 16.5. The summed E-state index contributed by atoms with van der Waals surface area (Å²) in [6, 6.07) is 14.4. The maximum Gasteiger partial charge on any atom is 0.244 e. The number of furan rings is 1. The van der Waals surface area contributed by atoms with E-state index >= 15 is 0 Å². The van der Waals surface area contributed by atoms with Crippen molar-refractivity contribution >= 4 is 32.2 Å². The fourth-order valence-electron chi connectivity index (χ4n) is 3.44. The predicted octanol–water partition coefficient (Wildman–Crippen LogP) is 5.17. The molecule has 7 heteroatoms. The van der Waals surface area contributed by atoms with E-state index in [-0.39, 0.29) is 18.8 Å². The molecule has 0 aliphatic carbocycles. The molecule has 0 aliphatic rings. The number of hydrogen-bond acceptors (Lipinski definition) is 4. The first-order chi connectivity index (χ1) is 13.7. The molecule has 0 bridgehead atoms. The topological polar surface area (TPSA) is 67.6 Å². The Bertz CT molecular complexity index is 1110. The summed E-state index contributed by atoms with van der Waals surface area (Å²) in [4.78, 5) is 11.2. The summed E-state index contributed by atoms with van der Waals surface area (Å²) in [5.74, 6) is 0.582. The molecule has 152 valence electrons. The number of halogens is 1. The van der Waals surface area contributed by atoms with E-state index in [9.17, 15) is 13.2 Å². The van der Waals surface area contributed by atoms with Gasteiger partial charge < -0.3 is 4.42 Å². The lowest BCUT2D eigenvalue weighted by atomic mass is 10.1. The first-order valence-electron chi connectivity index (χ1n) is 9.07. The van der Waals surface area contributed by atoms with Crippen molar-refractivity contribution in [3.63, 3.8) is 0 Å². The van der Waals surface area contributed by atoms with Crippen molar-refractivity contribution in [3.8, 4) is 0 Å². The van der Waals surface area contributed by atoms with Gasteiger partial charge in [0.05, 0.1) is 11.4 Å². The number of carbonyl (C=O) groups is 1. The van der Waals surface area contributed by atoms with Gasteiger partial charge in [0.15, 0.2) is 12.0 Å². The lowest BCUT2D eigenvalue weighted by Gasteiger charge is -2.24. The molecule has 0 aliphatic heterocycles. The van der Waals surface area contributed by atoms with Crippen molar-refractivity contribution in [2.75, 3.05) is 0 Å². The van der Waals surface area contributed by atoms with Crippen LogP contribution in [-0.2, 0) is 23.1 Å².